The summed E-state index contributed by atoms with van der Waals surface area (Å²) in [6.07, 6.45) is 2.92. The summed E-state index contributed by atoms with van der Waals surface area (Å²) in [5, 5.41) is 5.38. The van der Waals surface area contributed by atoms with Crippen molar-refractivity contribution in [2.75, 3.05) is 18.2 Å². The SMILES string of the molecule is COc1ccc(/C=C/C(=O)N[C@@H](C)C(=O)OCc2nc(N)nc(Nc3ccc(F)cc3)n2)cc1. The minimum atomic E-state index is -0.913. The Bertz CT molecular complexity index is 1170. The van der Waals surface area contributed by atoms with Crippen LogP contribution < -0.4 is 21.1 Å². The lowest BCUT2D eigenvalue weighted by Gasteiger charge is -2.12. The van der Waals surface area contributed by atoms with Gasteiger partial charge in [0.2, 0.25) is 17.8 Å². The maximum Gasteiger partial charge on any atom is 0.328 e. The molecule has 0 saturated heterocycles. The Morgan fingerprint density at radius 1 is 1.09 bits per heavy atom. The van der Waals surface area contributed by atoms with Crippen molar-refractivity contribution in [3.63, 3.8) is 0 Å². The minimum Gasteiger partial charge on any atom is -0.497 e. The number of hydrogen-bond donors (Lipinski definition) is 3. The molecule has 1 amide bonds. The Kier molecular flexibility index (Phi) is 8.06. The van der Waals surface area contributed by atoms with Crippen LogP contribution in [-0.2, 0) is 20.9 Å². The van der Waals surface area contributed by atoms with Gasteiger partial charge in [0.25, 0.3) is 0 Å². The van der Waals surface area contributed by atoms with Gasteiger partial charge in [0.15, 0.2) is 12.4 Å². The minimum absolute atomic E-state index is 0.0873. The summed E-state index contributed by atoms with van der Waals surface area (Å²) in [4.78, 5) is 36.4. The average Bonchev–Trinajstić information content (AvgIpc) is 2.82. The molecule has 0 unspecified atom stereocenters. The predicted molar refractivity (Wildman–Crippen MR) is 123 cm³/mol. The molecule has 0 spiro atoms. The van der Waals surface area contributed by atoms with E-state index in [9.17, 15) is 14.0 Å². The molecule has 1 aromatic heterocycles. The first-order chi connectivity index (χ1) is 16.3. The fraction of sp³-hybridized carbons (Fsp3) is 0.174. The molecular weight excluding hydrogens is 443 g/mol. The predicted octanol–water partition coefficient (Wildman–Crippen LogP) is 2.61. The maximum atomic E-state index is 13.0. The van der Waals surface area contributed by atoms with Crippen molar-refractivity contribution in [2.24, 2.45) is 0 Å². The Balaban J connectivity index is 1.51. The topological polar surface area (TPSA) is 141 Å². The van der Waals surface area contributed by atoms with E-state index in [-0.39, 0.29) is 30.1 Å². The lowest BCUT2D eigenvalue weighted by atomic mass is 10.2. The van der Waals surface area contributed by atoms with Crippen LogP contribution in [0.3, 0.4) is 0 Å². The van der Waals surface area contributed by atoms with Crippen LogP contribution in [-0.4, -0.2) is 40.0 Å². The molecule has 2 aromatic carbocycles. The molecule has 0 bridgehead atoms. The van der Waals surface area contributed by atoms with Crippen molar-refractivity contribution in [3.05, 3.63) is 71.8 Å². The second-order valence-corrected chi connectivity index (χ2v) is 7.01. The van der Waals surface area contributed by atoms with Crippen LogP contribution in [0.5, 0.6) is 5.75 Å². The van der Waals surface area contributed by atoms with E-state index in [1.54, 1.807) is 37.5 Å². The molecule has 34 heavy (non-hydrogen) atoms. The molecule has 0 aliphatic carbocycles. The van der Waals surface area contributed by atoms with Gasteiger partial charge in [-0.1, -0.05) is 12.1 Å². The highest BCUT2D eigenvalue weighted by Gasteiger charge is 2.17. The number of amides is 1. The molecule has 4 N–H and O–H groups in total. The van der Waals surface area contributed by atoms with Crippen LogP contribution in [0.25, 0.3) is 6.08 Å². The molecule has 0 aliphatic heterocycles. The van der Waals surface area contributed by atoms with Gasteiger partial charge in [-0.2, -0.15) is 15.0 Å². The molecule has 1 heterocycles. The normalized spacial score (nSPS) is 11.6. The molecular formula is C23H23FN6O4. The van der Waals surface area contributed by atoms with E-state index in [2.05, 4.69) is 25.6 Å². The number of carbonyl (C=O) groups is 2. The highest BCUT2D eigenvalue weighted by molar-refractivity contribution is 5.94. The third kappa shape index (κ3) is 7.26. The van der Waals surface area contributed by atoms with Gasteiger partial charge < -0.3 is 25.8 Å². The van der Waals surface area contributed by atoms with Crippen molar-refractivity contribution < 1.29 is 23.5 Å². The Labute approximate surface area is 195 Å². The van der Waals surface area contributed by atoms with Gasteiger partial charge in [0, 0.05) is 11.8 Å². The van der Waals surface area contributed by atoms with Gasteiger partial charge in [-0.25, -0.2) is 9.18 Å². The van der Waals surface area contributed by atoms with Crippen molar-refractivity contribution in [2.45, 2.75) is 19.6 Å². The summed E-state index contributed by atoms with van der Waals surface area (Å²) in [6.45, 7) is 1.20. The smallest absolute Gasteiger partial charge is 0.328 e. The number of esters is 1. The van der Waals surface area contributed by atoms with Gasteiger partial charge in [-0.3, -0.25) is 4.79 Å². The molecule has 10 nitrogen and oxygen atoms in total. The maximum absolute atomic E-state index is 13.0. The molecule has 0 fully saturated rings. The molecule has 11 heteroatoms. The quantitative estimate of drug-likeness (QED) is 0.320. The second kappa shape index (κ2) is 11.4. The number of rotatable bonds is 9. The lowest BCUT2D eigenvalue weighted by Crippen LogP contribution is -2.38. The zero-order valence-electron chi connectivity index (χ0n) is 18.5. The first kappa shape index (κ1) is 24.1. The van der Waals surface area contributed by atoms with Crippen molar-refractivity contribution in [1.29, 1.82) is 0 Å². The number of hydrogen-bond acceptors (Lipinski definition) is 9. The van der Waals surface area contributed by atoms with E-state index in [0.717, 1.165) is 5.56 Å². The summed E-state index contributed by atoms with van der Waals surface area (Å²) < 4.78 is 23.3. The third-order valence-electron chi connectivity index (χ3n) is 4.40. The highest BCUT2D eigenvalue weighted by atomic mass is 19.1. The Morgan fingerprint density at radius 2 is 1.79 bits per heavy atom. The number of ether oxygens (including phenoxy) is 2. The summed E-state index contributed by atoms with van der Waals surface area (Å²) in [5.74, 6) is -0.704. The van der Waals surface area contributed by atoms with E-state index < -0.39 is 17.9 Å². The molecule has 176 valence electrons. The Morgan fingerprint density at radius 3 is 2.47 bits per heavy atom. The average molecular weight is 466 g/mol. The number of nitrogens with one attached hydrogen (secondary N) is 2. The van der Waals surface area contributed by atoms with Gasteiger partial charge in [-0.05, 0) is 55.0 Å². The number of nitrogens with zero attached hydrogens (tertiary/aromatic N) is 3. The van der Waals surface area contributed by atoms with Crippen LogP contribution in [0.2, 0.25) is 0 Å². The molecule has 0 radical (unpaired) electrons. The van der Waals surface area contributed by atoms with Crippen LogP contribution in [0.4, 0.5) is 22.0 Å². The first-order valence-electron chi connectivity index (χ1n) is 10.1. The number of benzene rings is 2. The standard InChI is InChI=1S/C23H23FN6O4/c1-14(26-20(31)12-5-15-3-10-18(33-2)11-4-15)21(32)34-13-19-28-22(25)30-23(29-19)27-17-8-6-16(24)7-9-17/h3-12,14H,13H2,1-2H3,(H,26,31)(H3,25,27,28,29,30)/b12-5+/t14-/m0/s1. The fourth-order valence-corrected chi connectivity index (χ4v) is 2.69. The zero-order chi connectivity index (χ0) is 24.5. The summed E-state index contributed by atoms with van der Waals surface area (Å²) in [5.41, 5.74) is 7.02. The number of carbonyl (C=O) groups excluding carboxylic acids is 2. The van der Waals surface area contributed by atoms with Crippen molar-refractivity contribution in [1.82, 2.24) is 20.3 Å². The summed E-state index contributed by atoms with van der Waals surface area (Å²) in [6, 6.07) is 11.8. The van der Waals surface area contributed by atoms with E-state index >= 15 is 0 Å². The van der Waals surface area contributed by atoms with Crippen LogP contribution in [0.1, 0.15) is 18.3 Å². The van der Waals surface area contributed by atoms with Crippen molar-refractivity contribution >= 4 is 35.5 Å². The van der Waals surface area contributed by atoms with Crippen molar-refractivity contribution in [3.8, 4) is 5.75 Å². The molecule has 0 aliphatic rings. The first-order valence-corrected chi connectivity index (χ1v) is 10.1. The number of halogens is 1. The fourth-order valence-electron chi connectivity index (χ4n) is 2.69. The van der Waals surface area contributed by atoms with Crippen LogP contribution in [0.15, 0.2) is 54.6 Å². The van der Waals surface area contributed by atoms with Crippen LogP contribution >= 0.6 is 0 Å². The molecule has 3 aromatic rings. The summed E-state index contributed by atoms with van der Waals surface area (Å²) >= 11 is 0. The summed E-state index contributed by atoms with van der Waals surface area (Å²) in [7, 11) is 1.57. The van der Waals surface area contributed by atoms with Crippen LogP contribution in [0, 0.1) is 5.82 Å². The van der Waals surface area contributed by atoms with Gasteiger partial charge in [0.05, 0.1) is 7.11 Å². The van der Waals surface area contributed by atoms with E-state index in [1.165, 1.54) is 37.3 Å². The molecule has 0 saturated carbocycles. The number of nitrogen functional groups attached to an aromatic ring is 1. The van der Waals surface area contributed by atoms with E-state index in [0.29, 0.717) is 11.4 Å². The monoisotopic (exact) mass is 466 g/mol. The largest absolute Gasteiger partial charge is 0.497 e. The van der Waals surface area contributed by atoms with Gasteiger partial charge in [-0.15, -0.1) is 0 Å². The number of nitrogens with two attached hydrogens (primary N) is 1. The second-order valence-electron chi connectivity index (χ2n) is 7.01. The van der Waals surface area contributed by atoms with Gasteiger partial charge in [0.1, 0.15) is 17.6 Å². The number of aromatic nitrogens is 3. The van der Waals surface area contributed by atoms with E-state index in [1.807, 2.05) is 0 Å². The molecule has 1 atom stereocenters. The number of anilines is 3. The zero-order valence-corrected chi connectivity index (χ0v) is 18.5. The van der Waals surface area contributed by atoms with Gasteiger partial charge >= 0.3 is 5.97 Å². The van der Waals surface area contributed by atoms with E-state index in [4.69, 9.17) is 15.2 Å². The Hall–Kier alpha value is -4.54. The molecule has 3 rings (SSSR count). The third-order valence-corrected chi connectivity index (χ3v) is 4.40. The lowest BCUT2D eigenvalue weighted by molar-refractivity contribution is -0.148. The highest BCUT2D eigenvalue weighted by Crippen LogP contribution is 2.15. The number of methoxy groups -OCH3 is 1.